The van der Waals surface area contributed by atoms with Gasteiger partial charge in [0, 0.05) is 10.3 Å². The minimum atomic E-state index is -0.207. The molecule has 1 unspecified atom stereocenters. The number of thiophene rings is 1. The van der Waals surface area contributed by atoms with E-state index in [1.165, 1.54) is 6.07 Å². The van der Waals surface area contributed by atoms with Crippen molar-refractivity contribution in [3.05, 3.63) is 70.2 Å². The van der Waals surface area contributed by atoms with E-state index >= 15 is 0 Å². The Morgan fingerprint density at radius 2 is 1.79 bits per heavy atom. The quantitative estimate of drug-likeness (QED) is 0.565. The zero-order chi connectivity index (χ0) is 13.2. The number of hydrogen-bond acceptors (Lipinski definition) is 3. The second kappa shape index (κ2) is 5.09. The molecule has 3 rings (SSSR count). The van der Waals surface area contributed by atoms with Crippen molar-refractivity contribution in [2.24, 2.45) is 5.84 Å². The fourth-order valence-corrected chi connectivity index (χ4v) is 3.12. The van der Waals surface area contributed by atoms with E-state index in [4.69, 9.17) is 5.84 Å². The van der Waals surface area contributed by atoms with Gasteiger partial charge in [-0.25, -0.2) is 9.82 Å². The summed E-state index contributed by atoms with van der Waals surface area (Å²) in [5.41, 5.74) is 3.81. The Hall–Kier alpha value is -1.75. The summed E-state index contributed by atoms with van der Waals surface area (Å²) in [6, 6.07) is 14.6. The molecule has 19 heavy (non-hydrogen) atoms. The third-order valence-electron chi connectivity index (χ3n) is 3.21. The number of hydrazine groups is 1. The molecular formula is C15H13FN2S. The van der Waals surface area contributed by atoms with Crippen LogP contribution in [0.4, 0.5) is 4.39 Å². The predicted octanol–water partition coefficient (Wildman–Crippen LogP) is 3.59. The van der Waals surface area contributed by atoms with Crippen LogP contribution in [-0.2, 0) is 0 Å². The Bertz CT molecular complexity index is 694. The van der Waals surface area contributed by atoms with Crippen LogP contribution in [0.15, 0.2) is 53.9 Å². The molecule has 2 aromatic carbocycles. The van der Waals surface area contributed by atoms with Crippen LogP contribution in [0.2, 0.25) is 0 Å². The molecule has 0 radical (unpaired) electrons. The molecule has 0 saturated heterocycles. The third kappa shape index (κ3) is 2.14. The molecule has 0 saturated carbocycles. The van der Waals surface area contributed by atoms with Gasteiger partial charge in [0.25, 0.3) is 0 Å². The molecule has 0 aliphatic rings. The molecule has 0 aliphatic carbocycles. The maximum Gasteiger partial charge on any atom is 0.131 e. The van der Waals surface area contributed by atoms with Crippen LogP contribution in [0.1, 0.15) is 16.5 Å². The fraction of sp³-hybridized carbons (Fsp3) is 0.0667. The van der Waals surface area contributed by atoms with E-state index in [1.54, 1.807) is 23.5 Å². The number of benzene rings is 2. The molecule has 0 aliphatic heterocycles. The van der Waals surface area contributed by atoms with Gasteiger partial charge in [-0.1, -0.05) is 36.4 Å². The minimum absolute atomic E-state index is 0.120. The first kappa shape index (κ1) is 12.3. The van der Waals surface area contributed by atoms with Crippen LogP contribution in [0.25, 0.3) is 10.8 Å². The molecule has 0 fully saturated rings. The van der Waals surface area contributed by atoms with Crippen LogP contribution < -0.4 is 11.3 Å². The Labute approximate surface area is 114 Å². The predicted molar refractivity (Wildman–Crippen MR) is 77.4 cm³/mol. The molecule has 0 bridgehead atoms. The van der Waals surface area contributed by atoms with Gasteiger partial charge in [-0.05, 0) is 28.5 Å². The molecule has 4 heteroatoms. The zero-order valence-corrected chi connectivity index (χ0v) is 11.0. The van der Waals surface area contributed by atoms with Gasteiger partial charge in [0.15, 0.2) is 0 Å². The monoisotopic (exact) mass is 272 g/mol. The average Bonchev–Trinajstić information content (AvgIpc) is 2.96. The van der Waals surface area contributed by atoms with Gasteiger partial charge in [-0.2, -0.15) is 0 Å². The van der Waals surface area contributed by atoms with E-state index in [0.29, 0.717) is 5.39 Å². The molecule has 0 amide bonds. The van der Waals surface area contributed by atoms with Crippen molar-refractivity contribution < 1.29 is 4.39 Å². The summed E-state index contributed by atoms with van der Waals surface area (Å²) in [4.78, 5) is 1.11. The van der Waals surface area contributed by atoms with E-state index in [1.807, 2.05) is 35.7 Å². The summed E-state index contributed by atoms with van der Waals surface area (Å²) in [6.07, 6.45) is 0. The van der Waals surface area contributed by atoms with Crippen LogP contribution in [0, 0.1) is 5.82 Å². The van der Waals surface area contributed by atoms with Crippen molar-refractivity contribution in [2.45, 2.75) is 6.04 Å². The standard InChI is InChI=1S/C15H13FN2S/c16-13-8-7-12(10-4-1-2-5-11(10)13)15(18-17)14-6-3-9-19-14/h1-9,15,18H,17H2. The largest absolute Gasteiger partial charge is 0.271 e. The van der Waals surface area contributed by atoms with Crippen molar-refractivity contribution in [1.82, 2.24) is 5.43 Å². The number of rotatable bonds is 3. The third-order valence-corrected chi connectivity index (χ3v) is 4.15. The molecule has 0 spiro atoms. The average molecular weight is 272 g/mol. The van der Waals surface area contributed by atoms with Gasteiger partial charge in [0.2, 0.25) is 0 Å². The van der Waals surface area contributed by atoms with Gasteiger partial charge in [0.05, 0.1) is 6.04 Å². The second-order valence-corrected chi connectivity index (χ2v) is 5.28. The highest BCUT2D eigenvalue weighted by molar-refractivity contribution is 7.10. The Morgan fingerprint density at radius 3 is 2.47 bits per heavy atom. The fourth-order valence-electron chi connectivity index (χ4n) is 2.32. The van der Waals surface area contributed by atoms with E-state index in [9.17, 15) is 4.39 Å². The van der Waals surface area contributed by atoms with Crippen LogP contribution in [0.5, 0.6) is 0 Å². The number of halogens is 1. The first-order valence-electron chi connectivity index (χ1n) is 5.98. The lowest BCUT2D eigenvalue weighted by Crippen LogP contribution is -2.28. The molecular weight excluding hydrogens is 259 g/mol. The van der Waals surface area contributed by atoms with Gasteiger partial charge in [-0.15, -0.1) is 11.3 Å². The lowest BCUT2D eigenvalue weighted by Gasteiger charge is -2.17. The van der Waals surface area contributed by atoms with Crippen molar-refractivity contribution in [1.29, 1.82) is 0 Å². The zero-order valence-electron chi connectivity index (χ0n) is 10.1. The summed E-state index contributed by atoms with van der Waals surface area (Å²) < 4.78 is 13.8. The minimum Gasteiger partial charge on any atom is -0.271 e. The van der Waals surface area contributed by atoms with Crippen molar-refractivity contribution in [2.75, 3.05) is 0 Å². The van der Waals surface area contributed by atoms with Crippen LogP contribution in [-0.4, -0.2) is 0 Å². The molecule has 3 N–H and O–H groups in total. The first-order chi connectivity index (χ1) is 9.31. The Kier molecular flexibility index (Phi) is 3.29. The van der Waals surface area contributed by atoms with Crippen LogP contribution in [0.3, 0.4) is 0 Å². The Balaban J connectivity index is 2.22. The van der Waals surface area contributed by atoms with E-state index in [-0.39, 0.29) is 11.9 Å². The molecule has 1 heterocycles. The Morgan fingerprint density at radius 1 is 1.00 bits per heavy atom. The smallest absolute Gasteiger partial charge is 0.131 e. The lowest BCUT2D eigenvalue weighted by atomic mass is 9.98. The molecule has 96 valence electrons. The maximum absolute atomic E-state index is 13.8. The molecule has 1 atom stereocenters. The number of nitrogens with one attached hydrogen (secondary N) is 1. The van der Waals surface area contributed by atoms with Crippen molar-refractivity contribution >= 4 is 22.1 Å². The van der Waals surface area contributed by atoms with Crippen LogP contribution >= 0.6 is 11.3 Å². The van der Waals surface area contributed by atoms with Gasteiger partial charge in [0.1, 0.15) is 5.82 Å². The first-order valence-corrected chi connectivity index (χ1v) is 6.86. The van der Waals surface area contributed by atoms with E-state index in [2.05, 4.69) is 5.43 Å². The van der Waals surface area contributed by atoms with E-state index in [0.717, 1.165) is 15.8 Å². The summed E-state index contributed by atoms with van der Waals surface area (Å²) in [5.74, 6) is 5.48. The van der Waals surface area contributed by atoms with Gasteiger partial charge in [-0.3, -0.25) is 5.84 Å². The maximum atomic E-state index is 13.8. The van der Waals surface area contributed by atoms with Crippen molar-refractivity contribution in [3.8, 4) is 0 Å². The second-order valence-electron chi connectivity index (χ2n) is 4.30. The number of fused-ring (bicyclic) bond motifs is 1. The van der Waals surface area contributed by atoms with Crippen molar-refractivity contribution in [3.63, 3.8) is 0 Å². The molecule has 3 aromatic rings. The highest BCUT2D eigenvalue weighted by Crippen LogP contribution is 2.31. The normalized spacial score (nSPS) is 12.7. The summed E-state index contributed by atoms with van der Waals surface area (Å²) in [6.45, 7) is 0. The van der Waals surface area contributed by atoms with E-state index < -0.39 is 0 Å². The SMILES string of the molecule is NNC(c1cccs1)c1ccc(F)c2ccccc12. The summed E-state index contributed by atoms with van der Waals surface area (Å²) in [7, 11) is 0. The molecule has 2 nitrogen and oxygen atoms in total. The highest BCUT2D eigenvalue weighted by Gasteiger charge is 2.17. The van der Waals surface area contributed by atoms with Gasteiger partial charge >= 0.3 is 0 Å². The van der Waals surface area contributed by atoms with Gasteiger partial charge < -0.3 is 0 Å². The summed E-state index contributed by atoms with van der Waals surface area (Å²) in [5, 5.41) is 3.52. The molecule has 1 aromatic heterocycles. The topological polar surface area (TPSA) is 38.0 Å². The summed E-state index contributed by atoms with van der Waals surface area (Å²) >= 11 is 1.63. The lowest BCUT2D eigenvalue weighted by molar-refractivity contribution is 0.631. The number of nitrogens with two attached hydrogens (primary N) is 1. The highest BCUT2D eigenvalue weighted by atomic mass is 32.1. The number of hydrogen-bond donors (Lipinski definition) is 2.